The molecule has 1 atom stereocenters. The second kappa shape index (κ2) is 8.98. The Balaban J connectivity index is 1.46. The highest BCUT2D eigenvalue weighted by Crippen LogP contribution is 2.32. The first kappa shape index (κ1) is 21.1. The van der Waals surface area contributed by atoms with E-state index in [-0.39, 0.29) is 6.61 Å². The van der Waals surface area contributed by atoms with Crippen molar-refractivity contribution in [3.05, 3.63) is 82.5 Å². The topological polar surface area (TPSA) is 66.5 Å². The molecule has 3 aromatic heterocycles. The van der Waals surface area contributed by atoms with Gasteiger partial charge in [0.05, 0.1) is 23.7 Å². The molecule has 7 heteroatoms. The fraction of sp³-hybridized carbons (Fsp3) is 0.320. The van der Waals surface area contributed by atoms with Crippen LogP contribution in [0, 0.1) is 6.92 Å². The Hall–Kier alpha value is -2.80. The summed E-state index contributed by atoms with van der Waals surface area (Å²) in [6.45, 7) is 4.93. The standard InChI is InChI=1S/C25H26ClN5O/c1-17-24(19-8-10-27-22(13-19)16-32)25-28-11-9-23(31(25)29-17)20-3-2-12-30(15-20)14-18-4-6-21(26)7-5-18/h4-11,13,20,32H,2-3,12,14-16H2,1H3. The van der Waals surface area contributed by atoms with Crippen LogP contribution in [-0.4, -0.2) is 42.7 Å². The number of benzene rings is 1. The lowest BCUT2D eigenvalue weighted by Crippen LogP contribution is -2.34. The van der Waals surface area contributed by atoms with Gasteiger partial charge >= 0.3 is 0 Å². The smallest absolute Gasteiger partial charge is 0.163 e. The van der Waals surface area contributed by atoms with Crippen molar-refractivity contribution in [1.29, 1.82) is 0 Å². The number of hydrogen-bond acceptors (Lipinski definition) is 5. The average Bonchev–Trinajstić information content (AvgIpc) is 3.16. The maximum Gasteiger partial charge on any atom is 0.163 e. The lowest BCUT2D eigenvalue weighted by molar-refractivity contribution is 0.197. The first-order valence-corrected chi connectivity index (χ1v) is 11.4. The van der Waals surface area contributed by atoms with Crippen molar-refractivity contribution >= 4 is 17.2 Å². The largest absolute Gasteiger partial charge is 0.390 e. The van der Waals surface area contributed by atoms with Crippen molar-refractivity contribution in [2.45, 2.75) is 38.8 Å². The van der Waals surface area contributed by atoms with Crippen LogP contribution in [0.15, 0.2) is 54.9 Å². The summed E-state index contributed by atoms with van der Waals surface area (Å²) in [5, 5.41) is 15.1. The first-order valence-electron chi connectivity index (χ1n) is 11.0. The van der Waals surface area contributed by atoms with Crippen LogP contribution in [-0.2, 0) is 13.2 Å². The Kier molecular flexibility index (Phi) is 5.91. The summed E-state index contributed by atoms with van der Waals surface area (Å²) in [5.41, 5.74) is 6.87. The number of piperidine rings is 1. The Morgan fingerprint density at radius 1 is 1.09 bits per heavy atom. The van der Waals surface area contributed by atoms with Crippen LogP contribution >= 0.6 is 11.6 Å². The quantitative estimate of drug-likeness (QED) is 0.483. The zero-order chi connectivity index (χ0) is 22.1. The van der Waals surface area contributed by atoms with E-state index >= 15 is 0 Å². The fourth-order valence-electron chi connectivity index (χ4n) is 4.72. The number of aliphatic hydroxyl groups excluding tert-OH is 1. The summed E-state index contributed by atoms with van der Waals surface area (Å²) in [5.74, 6) is 0.388. The molecular formula is C25H26ClN5O. The van der Waals surface area contributed by atoms with E-state index in [0.717, 1.165) is 60.0 Å². The molecular weight excluding hydrogens is 422 g/mol. The molecule has 5 rings (SSSR count). The van der Waals surface area contributed by atoms with Crippen LogP contribution in [0.25, 0.3) is 16.8 Å². The minimum Gasteiger partial charge on any atom is -0.390 e. The number of rotatable bonds is 5. The number of aryl methyl sites for hydroxylation is 1. The number of hydrogen-bond donors (Lipinski definition) is 1. The van der Waals surface area contributed by atoms with Crippen molar-refractivity contribution in [1.82, 2.24) is 24.5 Å². The molecule has 0 bridgehead atoms. The van der Waals surface area contributed by atoms with Gasteiger partial charge in [-0.15, -0.1) is 0 Å². The van der Waals surface area contributed by atoms with Crippen molar-refractivity contribution in [3.8, 4) is 11.1 Å². The van der Waals surface area contributed by atoms with Gasteiger partial charge in [-0.3, -0.25) is 9.88 Å². The third-order valence-electron chi connectivity index (χ3n) is 6.23. The number of aliphatic hydroxyl groups is 1. The second-order valence-corrected chi connectivity index (χ2v) is 8.90. The van der Waals surface area contributed by atoms with Crippen molar-refractivity contribution in [2.24, 2.45) is 0 Å². The Labute approximate surface area is 192 Å². The lowest BCUT2D eigenvalue weighted by atomic mass is 9.94. The molecule has 4 aromatic rings. The number of pyridine rings is 1. The van der Waals surface area contributed by atoms with Gasteiger partial charge in [0.15, 0.2) is 5.65 Å². The van der Waals surface area contributed by atoms with Gasteiger partial charge in [-0.25, -0.2) is 9.50 Å². The van der Waals surface area contributed by atoms with E-state index in [1.165, 1.54) is 11.3 Å². The summed E-state index contributed by atoms with van der Waals surface area (Å²) in [6, 6.07) is 14.1. The summed E-state index contributed by atoms with van der Waals surface area (Å²) in [7, 11) is 0. The van der Waals surface area contributed by atoms with Gasteiger partial charge in [0, 0.05) is 42.0 Å². The zero-order valence-electron chi connectivity index (χ0n) is 18.1. The van der Waals surface area contributed by atoms with Crippen LogP contribution in [0.2, 0.25) is 5.02 Å². The molecule has 1 unspecified atom stereocenters. The maximum absolute atomic E-state index is 9.49. The highest BCUT2D eigenvalue weighted by Gasteiger charge is 2.25. The molecule has 0 saturated carbocycles. The Morgan fingerprint density at radius 2 is 1.91 bits per heavy atom. The summed E-state index contributed by atoms with van der Waals surface area (Å²) < 4.78 is 2.01. The predicted octanol–water partition coefficient (Wildman–Crippen LogP) is 4.63. The van der Waals surface area contributed by atoms with Crippen LogP contribution in [0.1, 0.15) is 41.4 Å². The number of halogens is 1. The monoisotopic (exact) mass is 447 g/mol. The molecule has 6 nitrogen and oxygen atoms in total. The number of nitrogens with zero attached hydrogens (tertiary/aromatic N) is 5. The molecule has 0 amide bonds. The zero-order valence-corrected chi connectivity index (χ0v) is 18.8. The number of fused-ring (bicyclic) bond motifs is 1. The highest BCUT2D eigenvalue weighted by molar-refractivity contribution is 6.30. The van der Waals surface area contributed by atoms with E-state index in [1.807, 2.05) is 41.9 Å². The molecule has 1 saturated heterocycles. The third kappa shape index (κ3) is 4.13. The van der Waals surface area contributed by atoms with E-state index in [1.54, 1.807) is 6.20 Å². The SMILES string of the molecule is Cc1nn2c(C3CCCN(Cc4ccc(Cl)cc4)C3)ccnc2c1-c1ccnc(CO)c1. The molecule has 0 radical (unpaired) electrons. The summed E-state index contributed by atoms with van der Waals surface area (Å²) in [4.78, 5) is 11.4. The number of aromatic nitrogens is 4. The predicted molar refractivity (Wildman–Crippen MR) is 126 cm³/mol. The first-order chi connectivity index (χ1) is 15.6. The van der Waals surface area contributed by atoms with E-state index in [4.69, 9.17) is 16.7 Å². The van der Waals surface area contributed by atoms with Crippen LogP contribution in [0.4, 0.5) is 0 Å². The van der Waals surface area contributed by atoms with Gasteiger partial charge in [0.2, 0.25) is 0 Å². The van der Waals surface area contributed by atoms with Crippen LogP contribution < -0.4 is 0 Å². The highest BCUT2D eigenvalue weighted by atomic mass is 35.5. The van der Waals surface area contributed by atoms with Crippen molar-refractivity contribution < 1.29 is 5.11 Å². The van der Waals surface area contributed by atoms with Crippen molar-refractivity contribution in [3.63, 3.8) is 0 Å². The molecule has 4 heterocycles. The summed E-state index contributed by atoms with van der Waals surface area (Å²) in [6.07, 6.45) is 5.90. The molecule has 1 aliphatic heterocycles. The van der Waals surface area contributed by atoms with E-state index in [0.29, 0.717) is 11.6 Å². The van der Waals surface area contributed by atoms with Crippen LogP contribution in [0.5, 0.6) is 0 Å². The van der Waals surface area contributed by atoms with Gasteiger partial charge in [-0.05, 0) is 67.8 Å². The van der Waals surface area contributed by atoms with Gasteiger partial charge in [0.25, 0.3) is 0 Å². The van der Waals surface area contributed by atoms with Crippen LogP contribution in [0.3, 0.4) is 0 Å². The molecule has 1 aromatic carbocycles. The van der Waals surface area contributed by atoms with Gasteiger partial charge in [0.1, 0.15) is 0 Å². The second-order valence-electron chi connectivity index (χ2n) is 8.46. The maximum atomic E-state index is 9.49. The lowest BCUT2D eigenvalue weighted by Gasteiger charge is -2.33. The number of likely N-dealkylation sites (tertiary alicyclic amines) is 1. The molecule has 1 N–H and O–H groups in total. The summed E-state index contributed by atoms with van der Waals surface area (Å²) >= 11 is 6.04. The molecule has 0 spiro atoms. The van der Waals surface area contributed by atoms with Crippen molar-refractivity contribution in [2.75, 3.05) is 13.1 Å². The fourth-order valence-corrected chi connectivity index (χ4v) is 4.85. The molecule has 0 aliphatic carbocycles. The normalized spacial score (nSPS) is 17.2. The molecule has 32 heavy (non-hydrogen) atoms. The molecule has 1 fully saturated rings. The minimum absolute atomic E-state index is 0.0870. The van der Waals surface area contributed by atoms with E-state index in [9.17, 15) is 5.11 Å². The molecule has 164 valence electrons. The Bertz CT molecular complexity index is 1240. The van der Waals surface area contributed by atoms with Gasteiger partial charge < -0.3 is 5.11 Å². The Morgan fingerprint density at radius 3 is 2.72 bits per heavy atom. The molecule has 1 aliphatic rings. The van der Waals surface area contributed by atoms with E-state index < -0.39 is 0 Å². The minimum atomic E-state index is -0.0870. The van der Waals surface area contributed by atoms with E-state index in [2.05, 4.69) is 33.1 Å². The third-order valence-corrected chi connectivity index (χ3v) is 6.49. The van der Waals surface area contributed by atoms with Gasteiger partial charge in [-0.2, -0.15) is 5.10 Å². The van der Waals surface area contributed by atoms with Gasteiger partial charge in [-0.1, -0.05) is 23.7 Å². The average molecular weight is 448 g/mol.